The van der Waals surface area contributed by atoms with Gasteiger partial charge in [-0.1, -0.05) is 31.2 Å². The van der Waals surface area contributed by atoms with Crippen LogP contribution in [0.1, 0.15) is 25.0 Å². The quantitative estimate of drug-likeness (QED) is 0.866. The summed E-state index contributed by atoms with van der Waals surface area (Å²) < 4.78 is 4.55. The molecule has 3 rings (SSSR count). The molecule has 3 heteroatoms. The molecule has 1 N–H and O–H groups in total. The van der Waals surface area contributed by atoms with Crippen LogP contribution < -0.4 is 9.57 Å². The number of rotatable bonds is 3. The highest BCUT2D eigenvalue weighted by molar-refractivity contribution is 6.30. The third-order valence-electron chi connectivity index (χ3n) is 3.53. The highest BCUT2D eigenvalue weighted by atomic mass is 16.3. The van der Waals surface area contributed by atoms with Crippen molar-refractivity contribution in [3.8, 4) is 5.75 Å². The highest BCUT2D eigenvalue weighted by Crippen LogP contribution is 2.24. The number of phenols is 1. The van der Waals surface area contributed by atoms with Gasteiger partial charge in [0.05, 0.1) is 5.56 Å². The van der Waals surface area contributed by atoms with Gasteiger partial charge in [0.25, 0.3) is 5.84 Å². The molecule has 1 heterocycles. The van der Waals surface area contributed by atoms with E-state index < -0.39 is 0 Å². The average Bonchev–Trinajstić information content (AvgIpc) is 2.45. The van der Waals surface area contributed by atoms with Gasteiger partial charge in [0, 0.05) is 6.92 Å². The van der Waals surface area contributed by atoms with E-state index in [0.717, 1.165) is 29.3 Å². The molecule has 0 saturated carbocycles. The average molecular weight is 265 g/mol. The molecule has 0 amide bonds. The largest absolute Gasteiger partial charge is 0.508 e. The summed E-state index contributed by atoms with van der Waals surface area (Å²) in [4.78, 5) is 2.12. The Morgan fingerprint density at radius 1 is 1.10 bits per heavy atom. The number of anilines is 1. The van der Waals surface area contributed by atoms with Gasteiger partial charge in [-0.05, 0) is 36.2 Å². The maximum Gasteiger partial charge on any atom is 0.331 e. The maximum absolute atomic E-state index is 9.74. The Balaban J connectivity index is 2.07. The minimum atomic E-state index is 0.275. The third-order valence-corrected chi connectivity index (χ3v) is 3.53. The van der Waals surface area contributed by atoms with E-state index in [1.54, 1.807) is 12.1 Å². The van der Waals surface area contributed by atoms with Gasteiger partial charge in [-0.25, -0.2) is 4.67 Å². The van der Waals surface area contributed by atoms with Crippen molar-refractivity contribution in [2.75, 3.05) is 4.90 Å². The predicted molar refractivity (Wildman–Crippen MR) is 83.3 cm³/mol. The Labute approximate surface area is 118 Å². The van der Waals surface area contributed by atoms with Crippen LogP contribution in [-0.2, 0) is 6.42 Å². The summed E-state index contributed by atoms with van der Waals surface area (Å²) in [5, 5.41) is 9.74. The summed E-state index contributed by atoms with van der Waals surface area (Å²) in [7, 11) is 0. The molecule has 0 radical (unpaired) electrons. The van der Waals surface area contributed by atoms with E-state index in [1.807, 2.05) is 31.2 Å². The second kappa shape index (κ2) is 4.87. The second-order valence-corrected chi connectivity index (χ2v) is 4.85. The van der Waals surface area contributed by atoms with Crippen LogP contribution in [0.15, 0.2) is 48.5 Å². The van der Waals surface area contributed by atoms with Crippen LogP contribution in [0.25, 0.3) is 0 Å². The first-order valence-corrected chi connectivity index (χ1v) is 6.80. The van der Waals surface area contributed by atoms with Crippen molar-refractivity contribution in [2.45, 2.75) is 20.3 Å². The van der Waals surface area contributed by atoms with Crippen molar-refractivity contribution in [1.82, 2.24) is 4.67 Å². The van der Waals surface area contributed by atoms with Crippen molar-refractivity contribution in [3.63, 3.8) is 0 Å². The van der Waals surface area contributed by atoms with Crippen LogP contribution in [0.4, 0.5) is 5.69 Å². The Bertz CT molecular complexity index is 713. The van der Waals surface area contributed by atoms with Crippen molar-refractivity contribution < 1.29 is 5.11 Å². The first kappa shape index (κ1) is 12.5. The number of aryl methyl sites for hydroxylation is 1. The monoisotopic (exact) mass is 265 g/mol. The highest BCUT2D eigenvalue weighted by Gasteiger charge is 2.35. The summed E-state index contributed by atoms with van der Waals surface area (Å²) in [5.74, 6) is 2.15. The zero-order chi connectivity index (χ0) is 14.1. The Morgan fingerprint density at radius 2 is 1.85 bits per heavy atom. The van der Waals surface area contributed by atoms with Crippen LogP contribution >= 0.6 is 0 Å². The predicted octanol–water partition coefficient (Wildman–Crippen LogP) is 2.71. The number of para-hydroxylation sites is 1. The molecule has 1 aliphatic heterocycles. The molecule has 2 aromatic rings. The van der Waals surface area contributed by atoms with E-state index in [0.29, 0.717) is 0 Å². The number of hydrogen-bond donors (Lipinski definition) is 1. The molecule has 2 aromatic carbocycles. The molecule has 3 nitrogen and oxygen atoms in total. The number of aromatic hydroxyl groups is 1. The molecule has 0 saturated heterocycles. The Morgan fingerprint density at radius 3 is 2.50 bits per heavy atom. The van der Waals surface area contributed by atoms with E-state index in [-0.39, 0.29) is 5.75 Å². The summed E-state index contributed by atoms with van der Waals surface area (Å²) in [6, 6.07) is 15.6. The van der Waals surface area contributed by atoms with Crippen LogP contribution in [0, 0.1) is 0 Å². The SMILES string of the molecule is CCc1ccc(O)cc1C1=[N+]=C(C)N1c1ccccc1. The maximum atomic E-state index is 9.74. The van der Waals surface area contributed by atoms with Crippen LogP contribution in [0.5, 0.6) is 5.75 Å². The number of phenolic OH excluding ortho intramolecular Hbond substituents is 1. The van der Waals surface area contributed by atoms with Gasteiger partial charge in [0.1, 0.15) is 11.4 Å². The summed E-state index contributed by atoms with van der Waals surface area (Å²) in [6.07, 6.45) is 0.913. The van der Waals surface area contributed by atoms with E-state index in [1.165, 1.54) is 5.56 Å². The lowest BCUT2D eigenvalue weighted by Crippen LogP contribution is -2.47. The fraction of sp³-hybridized carbons (Fsp3) is 0.176. The van der Waals surface area contributed by atoms with E-state index >= 15 is 0 Å². The lowest BCUT2D eigenvalue weighted by molar-refractivity contribution is 0.475. The van der Waals surface area contributed by atoms with Gasteiger partial charge in [-0.15, -0.1) is 0 Å². The molecule has 0 fully saturated rings. The van der Waals surface area contributed by atoms with Crippen molar-refractivity contribution in [3.05, 3.63) is 59.7 Å². The number of nitrogens with zero attached hydrogens (tertiary/aromatic N) is 2. The third kappa shape index (κ3) is 1.98. The van der Waals surface area contributed by atoms with Crippen LogP contribution in [-0.4, -0.2) is 16.8 Å². The zero-order valence-corrected chi connectivity index (χ0v) is 11.7. The van der Waals surface area contributed by atoms with E-state index in [9.17, 15) is 5.11 Å². The smallest absolute Gasteiger partial charge is 0.331 e. The van der Waals surface area contributed by atoms with Gasteiger partial charge >= 0.3 is 5.84 Å². The molecular formula is C17H17N2O+. The summed E-state index contributed by atoms with van der Waals surface area (Å²) >= 11 is 0. The first-order valence-electron chi connectivity index (χ1n) is 6.80. The number of benzene rings is 2. The molecule has 1 aliphatic rings. The molecule has 100 valence electrons. The Hall–Kier alpha value is -2.51. The molecule has 0 spiro atoms. The summed E-state index contributed by atoms with van der Waals surface area (Å²) in [5.41, 5.74) is 3.29. The minimum absolute atomic E-state index is 0.275. The molecule has 0 aliphatic carbocycles. The van der Waals surface area contributed by atoms with Crippen molar-refractivity contribution >= 4 is 17.4 Å². The van der Waals surface area contributed by atoms with Crippen molar-refractivity contribution in [2.24, 2.45) is 0 Å². The lowest BCUT2D eigenvalue weighted by atomic mass is 10.0. The van der Waals surface area contributed by atoms with E-state index in [4.69, 9.17) is 0 Å². The number of hydrogen-bond acceptors (Lipinski definition) is 2. The Kier molecular flexibility index (Phi) is 3.05. The van der Waals surface area contributed by atoms with Crippen LogP contribution in [0.2, 0.25) is 0 Å². The molecule has 0 atom stereocenters. The molecule has 0 bridgehead atoms. The fourth-order valence-corrected chi connectivity index (χ4v) is 2.51. The topological polar surface area (TPSA) is 37.6 Å². The second-order valence-electron chi connectivity index (χ2n) is 4.85. The number of amidine groups is 2. The molecule has 0 unspecified atom stereocenters. The summed E-state index contributed by atoms with van der Waals surface area (Å²) in [6.45, 7) is 4.10. The van der Waals surface area contributed by atoms with Gasteiger partial charge in [-0.3, -0.25) is 0 Å². The van der Waals surface area contributed by atoms with Crippen molar-refractivity contribution in [1.29, 1.82) is 0 Å². The van der Waals surface area contributed by atoms with Gasteiger partial charge in [0.2, 0.25) is 0 Å². The van der Waals surface area contributed by atoms with E-state index in [2.05, 4.69) is 28.6 Å². The van der Waals surface area contributed by atoms with Gasteiger partial charge in [0.15, 0.2) is 0 Å². The normalized spacial score (nSPS) is 13.6. The standard InChI is InChI=1S/C17H16N2O/c1-3-13-9-10-15(20)11-16(13)17-18-12(2)19(17)14-7-5-4-6-8-14/h4-11H,3H2,1-2H3/p+1. The molecule has 0 aromatic heterocycles. The van der Waals surface area contributed by atoms with Gasteiger partial charge < -0.3 is 5.11 Å². The first-order chi connectivity index (χ1) is 9.70. The minimum Gasteiger partial charge on any atom is -0.508 e. The van der Waals surface area contributed by atoms with Gasteiger partial charge in [-0.2, -0.15) is 4.90 Å². The van der Waals surface area contributed by atoms with Crippen LogP contribution in [0.3, 0.4) is 0 Å². The molecular weight excluding hydrogens is 248 g/mol. The lowest BCUT2D eigenvalue weighted by Gasteiger charge is -2.22. The fourth-order valence-electron chi connectivity index (χ4n) is 2.51. The molecule has 20 heavy (non-hydrogen) atoms. The zero-order valence-electron chi connectivity index (χ0n) is 11.7.